The van der Waals surface area contributed by atoms with Crippen LogP contribution in [0.15, 0.2) is 71.9 Å². The second-order valence-corrected chi connectivity index (χ2v) is 8.73. The molecule has 1 aliphatic carbocycles. The molecule has 28 heavy (non-hydrogen) atoms. The lowest BCUT2D eigenvalue weighted by Crippen LogP contribution is -2.33. The minimum absolute atomic E-state index is 0.0449. The molecule has 0 aromatic heterocycles. The molecule has 2 N–H and O–H groups in total. The van der Waals surface area contributed by atoms with Crippen LogP contribution in [-0.4, -0.2) is 10.9 Å². The van der Waals surface area contributed by atoms with Crippen LogP contribution in [0.4, 0.5) is 5.69 Å². The minimum Gasteiger partial charge on any atom is -0.508 e. The summed E-state index contributed by atoms with van der Waals surface area (Å²) in [6.07, 6.45) is 1.41. The summed E-state index contributed by atoms with van der Waals surface area (Å²) >= 11 is 0. The summed E-state index contributed by atoms with van der Waals surface area (Å²) in [4.78, 5) is 13.3. The van der Waals surface area contributed by atoms with Crippen molar-refractivity contribution in [2.24, 2.45) is 5.41 Å². The molecule has 3 heteroatoms. The third-order valence-corrected chi connectivity index (χ3v) is 5.98. The van der Waals surface area contributed by atoms with E-state index in [4.69, 9.17) is 0 Å². The Morgan fingerprint density at radius 2 is 1.71 bits per heavy atom. The number of Topliss-reactive ketones (excluding diaryl/α,β-unsaturated/α-hetero) is 1. The molecule has 1 heterocycles. The molecule has 0 fully saturated rings. The largest absolute Gasteiger partial charge is 0.508 e. The Bertz CT molecular complexity index is 1140. The SMILES string of the molecule is CC1(C)CC(=O)C2=C(C1)Nc1ccc3ccccc3c1[C@H]2c1ccc(O)cc1. The maximum absolute atomic E-state index is 13.3. The lowest BCUT2D eigenvalue weighted by Gasteiger charge is -2.40. The third-order valence-electron chi connectivity index (χ3n) is 5.98. The van der Waals surface area contributed by atoms with Gasteiger partial charge in [-0.3, -0.25) is 4.79 Å². The topological polar surface area (TPSA) is 49.3 Å². The Kier molecular flexibility index (Phi) is 3.63. The van der Waals surface area contributed by atoms with Crippen molar-refractivity contribution >= 4 is 22.2 Å². The number of nitrogens with one attached hydrogen (secondary N) is 1. The summed E-state index contributed by atoms with van der Waals surface area (Å²) in [7, 11) is 0. The predicted molar refractivity (Wildman–Crippen MR) is 113 cm³/mol. The van der Waals surface area contributed by atoms with Crippen molar-refractivity contribution in [3.63, 3.8) is 0 Å². The number of phenolic OH excluding ortho intramolecular Hbond substituents is 1. The van der Waals surface area contributed by atoms with Crippen molar-refractivity contribution in [3.8, 4) is 5.75 Å². The second-order valence-electron chi connectivity index (χ2n) is 8.73. The fraction of sp³-hybridized carbons (Fsp3) is 0.240. The van der Waals surface area contributed by atoms with E-state index in [1.807, 2.05) is 24.3 Å². The first-order valence-corrected chi connectivity index (χ1v) is 9.77. The van der Waals surface area contributed by atoms with Gasteiger partial charge in [-0.25, -0.2) is 0 Å². The molecule has 3 aromatic carbocycles. The first kappa shape index (κ1) is 17.1. The highest BCUT2D eigenvalue weighted by Gasteiger charge is 2.41. The van der Waals surface area contributed by atoms with E-state index >= 15 is 0 Å². The highest BCUT2D eigenvalue weighted by molar-refractivity contribution is 6.04. The summed E-state index contributed by atoms with van der Waals surface area (Å²) in [5.41, 5.74) is 5.14. The van der Waals surface area contributed by atoms with Crippen molar-refractivity contribution in [2.45, 2.75) is 32.6 Å². The molecule has 140 valence electrons. The van der Waals surface area contributed by atoms with Gasteiger partial charge in [-0.05, 0) is 51.9 Å². The average molecular weight is 369 g/mol. The normalized spacial score (nSPS) is 20.5. The quantitative estimate of drug-likeness (QED) is 0.574. The van der Waals surface area contributed by atoms with Crippen molar-refractivity contribution in [2.75, 3.05) is 5.32 Å². The number of aromatic hydroxyl groups is 1. The van der Waals surface area contributed by atoms with Crippen LogP contribution in [0.2, 0.25) is 0 Å². The predicted octanol–water partition coefficient (Wildman–Crippen LogP) is 5.75. The van der Waals surface area contributed by atoms with Crippen LogP contribution in [0, 0.1) is 5.41 Å². The molecule has 0 amide bonds. The van der Waals surface area contributed by atoms with Crippen LogP contribution in [0.5, 0.6) is 5.75 Å². The third kappa shape index (κ3) is 2.62. The zero-order chi connectivity index (χ0) is 19.5. The van der Waals surface area contributed by atoms with E-state index < -0.39 is 0 Å². The number of carbonyl (C=O) groups is 1. The highest BCUT2D eigenvalue weighted by atomic mass is 16.3. The van der Waals surface area contributed by atoms with Crippen molar-refractivity contribution < 1.29 is 9.90 Å². The Morgan fingerprint density at radius 3 is 2.50 bits per heavy atom. The number of anilines is 1. The van der Waals surface area contributed by atoms with Gasteiger partial charge in [0.2, 0.25) is 0 Å². The number of fused-ring (bicyclic) bond motifs is 3. The van der Waals surface area contributed by atoms with Crippen LogP contribution in [0.25, 0.3) is 10.8 Å². The van der Waals surface area contributed by atoms with Gasteiger partial charge in [0.05, 0.1) is 0 Å². The average Bonchev–Trinajstić information content (AvgIpc) is 2.66. The van der Waals surface area contributed by atoms with Gasteiger partial charge in [-0.2, -0.15) is 0 Å². The molecule has 0 saturated heterocycles. The van der Waals surface area contributed by atoms with Gasteiger partial charge in [0, 0.05) is 29.3 Å². The molecule has 1 atom stereocenters. The van der Waals surface area contributed by atoms with Crippen molar-refractivity contribution in [3.05, 3.63) is 83.1 Å². The van der Waals surface area contributed by atoms with E-state index in [1.54, 1.807) is 12.1 Å². The zero-order valence-electron chi connectivity index (χ0n) is 16.1. The second kappa shape index (κ2) is 5.96. The maximum Gasteiger partial charge on any atom is 0.162 e. The van der Waals surface area contributed by atoms with E-state index in [-0.39, 0.29) is 22.9 Å². The van der Waals surface area contributed by atoms with Crippen LogP contribution < -0.4 is 5.32 Å². The summed E-state index contributed by atoms with van der Waals surface area (Å²) in [6.45, 7) is 4.31. The van der Waals surface area contributed by atoms with E-state index in [0.29, 0.717) is 6.42 Å². The molecule has 0 spiro atoms. The number of hydrogen-bond donors (Lipinski definition) is 2. The molecule has 0 radical (unpaired) electrons. The standard InChI is InChI=1S/C25H23NO2/c1-25(2)13-20-24(21(28)14-25)22(16-7-10-17(27)11-8-16)23-18-6-4-3-5-15(18)9-12-19(23)26-20/h3-12,22,26-27H,13-14H2,1-2H3/t22-/m1/s1. The van der Waals surface area contributed by atoms with Gasteiger partial charge in [-0.1, -0.05) is 56.3 Å². The van der Waals surface area contributed by atoms with Gasteiger partial charge >= 0.3 is 0 Å². The number of ketones is 1. The fourth-order valence-electron chi connectivity index (χ4n) is 4.80. The monoisotopic (exact) mass is 369 g/mol. The summed E-state index contributed by atoms with van der Waals surface area (Å²) in [5, 5.41) is 15.7. The summed E-state index contributed by atoms with van der Waals surface area (Å²) in [6, 6.07) is 19.9. The maximum atomic E-state index is 13.3. The van der Waals surface area contributed by atoms with Gasteiger partial charge < -0.3 is 10.4 Å². The number of allylic oxidation sites excluding steroid dienone is 2. The molecule has 0 unspecified atom stereocenters. The first-order chi connectivity index (χ1) is 13.4. The van der Waals surface area contributed by atoms with Crippen LogP contribution >= 0.6 is 0 Å². The molecule has 1 aliphatic heterocycles. The van der Waals surface area contributed by atoms with E-state index in [2.05, 4.69) is 43.4 Å². The Hall–Kier alpha value is -3.07. The molecule has 2 aliphatic rings. The smallest absolute Gasteiger partial charge is 0.162 e. The van der Waals surface area contributed by atoms with Gasteiger partial charge in [-0.15, -0.1) is 0 Å². The molecular weight excluding hydrogens is 346 g/mol. The van der Waals surface area contributed by atoms with Crippen LogP contribution in [0.3, 0.4) is 0 Å². The molecular formula is C25H23NO2. The number of phenols is 1. The number of carbonyl (C=O) groups excluding carboxylic acids is 1. The lowest BCUT2D eigenvalue weighted by molar-refractivity contribution is -0.118. The molecule has 3 nitrogen and oxygen atoms in total. The number of benzene rings is 3. The molecule has 5 rings (SSSR count). The minimum atomic E-state index is -0.124. The Balaban J connectivity index is 1.81. The molecule has 0 bridgehead atoms. The van der Waals surface area contributed by atoms with E-state index in [0.717, 1.165) is 39.9 Å². The Labute approximate surface area is 164 Å². The number of hydrogen-bond acceptors (Lipinski definition) is 3. The van der Waals surface area contributed by atoms with Crippen molar-refractivity contribution in [1.82, 2.24) is 0 Å². The van der Waals surface area contributed by atoms with Gasteiger partial charge in [0.1, 0.15) is 5.75 Å². The lowest BCUT2D eigenvalue weighted by atomic mass is 9.68. The zero-order valence-corrected chi connectivity index (χ0v) is 16.1. The van der Waals surface area contributed by atoms with Gasteiger partial charge in [0.15, 0.2) is 5.78 Å². The fourth-order valence-corrected chi connectivity index (χ4v) is 4.80. The van der Waals surface area contributed by atoms with Crippen molar-refractivity contribution in [1.29, 1.82) is 0 Å². The van der Waals surface area contributed by atoms with Crippen LogP contribution in [0.1, 0.15) is 43.7 Å². The molecule has 3 aromatic rings. The highest BCUT2D eigenvalue weighted by Crippen LogP contribution is 2.50. The summed E-state index contributed by atoms with van der Waals surface area (Å²) in [5.74, 6) is 0.332. The van der Waals surface area contributed by atoms with Gasteiger partial charge in [0.25, 0.3) is 0 Å². The molecule has 0 saturated carbocycles. The first-order valence-electron chi connectivity index (χ1n) is 9.77. The number of rotatable bonds is 1. The van der Waals surface area contributed by atoms with Crippen LogP contribution in [-0.2, 0) is 4.79 Å². The Morgan fingerprint density at radius 1 is 0.964 bits per heavy atom. The summed E-state index contributed by atoms with van der Waals surface area (Å²) < 4.78 is 0. The van der Waals surface area contributed by atoms with E-state index in [1.165, 1.54) is 5.39 Å². The van der Waals surface area contributed by atoms with E-state index in [9.17, 15) is 9.90 Å².